The number of benzene rings is 1. The SMILES string of the molecule is Cn1[c]nc2ccc(O)cc21. The van der Waals surface area contributed by atoms with E-state index in [-0.39, 0.29) is 5.75 Å². The Morgan fingerprint density at radius 2 is 2.36 bits per heavy atom. The van der Waals surface area contributed by atoms with E-state index in [4.69, 9.17) is 5.11 Å². The highest BCUT2D eigenvalue weighted by Crippen LogP contribution is 2.17. The highest BCUT2D eigenvalue weighted by molar-refractivity contribution is 5.76. The molecule has 2 rings (SSSR count). The summed E-state index contributed by atoms with van der Waals surface area (Å²) in [5.41, 5.74) is 1.75. The van der Waals surface area contributed by atoms with Crippen molar-refractivity contribution in [3.63, 3.8) is 0 Å². The molecule has 0 fully saturated rings. The average molecular weight is 147 g/mol. The second-order valence-corrected chi connectivity index (χ2v) is 2.44. The number of imidazole rings is 1. The maximum absolute atomic E-state index is 9.12. The normalized spacial score (nSPS) is 10.6. The fraction of sp³-hybridized carbons (Fsp3) is 0.125. The number of aromatic nitrogens is 2. The van der Waals surface area contributed by atoms with Crippen LogP contribution in [0.4, 0.5) is 0 Å². The summed E-state index contributed by atoms with van der Waals surface area (Å²) in [6.07, 6.45) is 2.76. The van der Waals surface area contributed by atoms with Crippen LogP contribution in [0.15, 0.2) is 18.2 Å². The standard InChI is InChI=1S/C8H7N2O/c1-10-5-9-7-3-2-6(11)4-8(7)10/h2-4,11H,1H3. The molecule has 3 heteroatoms. The molecule has 0 saturated carbocycles. The molecule has 0 aliphatic heterocycles. The topological polar surface area (TPSA) is 38.0 Å². The Kier molecular flexibility index (Phi) is 1.12. The molecule has 0 bridgehead atoms. The molecule has 0 unspecified atom stereocenters. The van der Waals surface area contributed by atoms with Crippen molar-refractivity contribution in [2.75, 3.05) is 0 Å². The molecule has 0 saturated heterocycles. The first-order chi connectivity index (χ1) is 5.27. The highest BCUT2D eigenvalue weighted by atomic mass is 16.3. The number of phenolic OH excluding ortho intramolecular Hbond substituents is 1. The molecule has 11 heavy (non-hydrogen) atoms. The number of fused-ring (bicyclic) bond motifs is 1. The van der Waals surface area contributed by atoms with E-state index in [0.717, 1.165) is 11.0 Å². The molecule has 2 aromatic rings. The summed E-state index contributed by atoms with van der Waals surface area (Å²) in [6.45, 7) is 0. The number of nitrogens with zero attached hydrogens (tertiary/aromatic N) is 2. The van der Waals surface area contributed by atoms with Gasteiger partial charge in [-0.05, 0) is 12.1 Å². The van der Waals surface area contributed by atoms with Gasteiger partial charge in [-0.15, -0.1) is 0 Å². The van der Waals surface area contributed by atoms with Gasteiger partial charge in [-0.2, -0.15) is 0 Å². The fourth-order valence-electron chi connectivity index (χ4n) is 1.06. The van der Waals surface area contributed by atoms with Gasteiger partial charge >= 0.3 is 0 Å². The molecule has 0 atom stereocenters. The van der Waals surface area contributed by atoms with E-state index in [9.17, 15) is 0 Å². The first kappa shape index (κ1) is 6.22. The molecule has 3 nitrogen and oxygen atoms in total. The lowest BCUT2D eigenvalue weighted by Gasteiger charge is -1.93. The van der Waals surface area contributed by atoms with Crippen LogP contribution in [0, 0.1) is 6.33 Å². The predicted octanol–water partition coefficient (Wildman–Crippen LogP) is 1.08. The zero-order valence-corrected chi connectivity index (χ0v) is 6.07. The predicted molar refractivity (Wildman–Crippen MR) is 41.2 cm³/mol. The molecule has 0 aliphatic carbocycles. The summed E-state index contributed by atoms with van der Waals surface area (Å²) >= 11 is 0. The number of rotatable bonds is 0. The van der Waals surface area contributed by atoms with E-state index in [2.05, 4.69) is 11.3 Å². The number of aromatic hydroxyl groups is 1. The highest BCUT2D eigenvalue weighted by Gasteiger charge is 1.99. The molecule has 1 radical (unpaired) electrons. The van der Waals surface area contributed by atoms with E-state index in [1.165, 1.54) is 0 Å². The Morgan fingerprint density at radius 1 is 1.55 bits per heavy atom. The molecule has 55 valence electrons. The minimum absolute atomic E-state index is 0.259. The maximum Gasteiger partial charge on any atom is 0.177 e. The van der Waals surface area contributed by atoms with Crippen molar-refractivity contribution >= 4 is 11.0 Å². The van der Waals surface area contributed by atoms with Crippen LogP contribution in [-0.2, 0) is 7.05 Å². The zero-order valence-electron chi connectivity index (χ0n) is 6.07. The second kappa shape index (κ2) is 1.99. The van der Waals surface area contributed by atoms with Crippen LogP contribution in [0.3, 0.4) is 0 Å². The molecule has 1 aromatic heterocycles. The minimum Gasteiger partial charge on any atom is -0.508 e. The Balaban J connectivity index is 2.87. The van der Waals surface area contributed by atoms with Crippen LogP contribution in [0.1, 0.15) is 0 Å². The van der Waals surface area contributed by atoms with Gasteiger partial charge in [0.25, 0.3) is 0 Å². The monoisotopic (exact) mass is 147 g/mol. The summed E-state index contributed by atoms with van der Waals surface area (Å²) < 4.78 is 1.75. The van der Waals surface area contributed by atoms with E-state index in [1.807, 2.05) is 7.05 Å². The minimum atomic E-state index is 0.259. The number of hydrogen-bond donors (Lipinski definition) is 1. The van der Waals surface area contributed by atoms with E-state index in [1.54, 1.807) is 22.8 Å². The van der Waals surface area contributed by atoms with Crippen LogP contribution in [0.5, 0.6) is 5.75 Å². The molecule has 1 N–H and O–H groups in total. The lowest BCUT2D eigenvalue weighted by molar-refractivity contribution is 0.476. The third kappa shape index (κ3) is 0.852. The van der Waals surface area contributed by atoms with Crippen molar-refractivity contribution < 1.29 is 5.11 Å². The Hall–Kier alpha value is -1.51. The number of aryl methyl sites for hydroxylation is 1. The molecular formula is C8H7N2O. The zero-order chi connectivity index (χ0) is 7.84. The first-order valence-electron chi connectivity index (χ1n) is 3.30. The summed E-state index contributed by atoms with van der Waals surface area (Å²) in [4.78, 5) is 3.99. The lowest BCUT2D eigenvalue weighted by Crippen LogP contribution is -1.82. The van der Waals surface area contributed by atoms with Crippen molar-refractivity contribution in [3.05, 3.63) is 24.5 Å². The smallest absolute Gasteiger partial charge is 0.177 e. The van der Waals surface area contributed by atoms with Crippen molar-refractivity contribution in [2.45, 2.75) is 0 Å². The quantitative estimate of drug-likeness (QED) is 0.605. The Labute approximate surface area is 63.9 Å². The third-order valence-corrected chi connectivity index (χ3v) is 1.64. The van der Waals surface area contributed by atoms with Gasteiger partial charge in [-0.1, -0.05) is 0 Å². The molecule has 1 heterocycles. The number of phenols is 1. The lowest BCUT2D eigenvalue weighted by atomic mass is 10.3. The van der Waals surface area contributed by atoms with Gasteiger partial charge in [-0.3, -0.25) is 0 Å². The first-order valence-corrected chi connectivity index (χ1v) is 3.30. The van der Waals surface area contributed by atoms with E-state index < -0.39 is 0 Å². The summed E-state index contributed by atoms with van der Waals surface area (Å²) in [5.74, 6) is 0.259. The van der Waals surface area contributed by atoms with Crippen LogP contribution < -0.4 is 0 Å². The fourth-order valence-corrected chi connectivity index (χ4v) is 1.06. The Morgan fingerprint density at radius 3 is 3.18 bits per heavy atom. The van der Waals surface area contributed by atoms with Crippen molar-refractivity contribution in [2.24, 2.45) is 7.05 Å². The van der Waals surface area contributed by atoms with E-state index in [0.29, 0.717) is 0 Å². The number of hydrogen-bond acceptors (Lipinski definition) is 2. The average Bonchev–Trinajstić information content (AvgIpc) is 2.33. The van der Waals surface area contributed by atoms with Crippen LogP contribution in [0.2, 0.25) is 0 Å². The van der Waals surface area contributed by atoms with Crippen molar-refractivity contribution in [1.29, 1.82) is 0 Å². The van der Waals surface area contributed by atoms with Gasteiger partial charge in [0.05, 0.1) is 11.0 Å². The third-order valence-electron chi connectivity index (χ3n) is 1.64. The second-order valence-electron chi connectivity index (χ2n) is 2.44. The Bertz CT molecular complexity index is 392. The van der Waals surface area contributed by atoms with Crippen LogP contribution >= 0.6 is 0 Å². The summed E-state index contributed by atoms with van der Waals surface area (Å²) in [7, 11) is 1.84. The van der Waals surface area contributed by atoms with Gasteiger partial charge in [0.15, 0.2) is 6.33 Å². The van der Waals surface area contributed by atoms with Gasteiger partial charge in [0, 0.05) is 13.1 Å². The molecule has 0 amide bonds. The molecular weight excluding hydrogens is 140 g/mol. The van der Waals surface area contributed by atoms with Crippen molar-refractivity contribution in [1.82, 2.24) is 9.55 Å². The van der Waals surface area contributed by atoms with Gasteiger partial charge in [-0.25, -0.2) is 4.98 Å². The largest absolute Gasteiger partial charge is 0.508 e. The van der Waals surface area contributed by atoms with Gasteiger partial charge in [0.2, 0.25) is 0 Å². The summed E-state index contributed by atoms with van der Waals surface area (Å²) in [5, 5.41) is 9.12. The van der Waals surface area contributed by atoms with Gasteiger partial charge < -0.3 is 9.67 Å². The van der Waals surface area contributed by atoms with Crippen molar-refractivity contribution in [3.8, 4) is 5.75 Å². The van der Waals surface area contributed by atoms with Gasteiger partial charge in [0.1, 0.15) is 5.75 Å². The van der Waals surface area contributed by atoms with E-state index >= 15 is 0 Å². The van der Waals surface area contributed by atoms with Crippen LogP contribution in [-0.4, -0.2) is 14.7 Å². The molecule has 0 aliphatic rings. The summed E-state index contributed by atoms with van der Waals surface area (Å²) in [6, 6.07) is 5.04. The molecule has 0 spiro atoms. The maximum atomic E-state index is 9.12. The van der Waals surface area contributed by atoms with Crippen LogP contribution in [0.25, 0.3) is 11.0 Å². The molecule has 1 aromatic carbocycles.